The average Bonchev–Trinajstić information content (AvgIpc) is 3.82. The lowest BCUT2D eigenvalue weighted by Gasteiger charge is -2.16. The number of hydrogen-bond acceptors (Lipinski definition) is 0. The van der Waals surface area contributed by atoms with Gasteiger partial charge < -0.3 is 4.57 Å². The van der Waals surface area contributed by atoms with E-state index in [4.69, 9.17) is 0 Å². The number of para-hydroxylation sites is 1. The number of aryl methyl sites for hydroxylation is 4. The summed E-state index contributed by atoms with van der Waals surface area (Å²) >= 11 is 0. The Labute approximate surface area is 456 Å². The van der Waals surface area contributed by atoms with Crippen LogP contribution in [0.1, 0.15) is 128 Å². The molecule has 75 heavy (non-hydrogen) atoms. The fraction of sp³-hybridized carbons (Fsp3) is 0.243. The van der Waals surface area contributed by atoms with Gasteiger partial charge in [0.25, 0.3) is 0 Å². The number of rotatable bonds is 9. The Kier molecular flexibility index (Phi) is 30.2. The molecule has 9 rings (SSSR count). The molecule has 0 amide bonds. The Balaban J connectivity index is 0.000000336. The Morgan fingerprint density at radius 3 is 1.61 bits per heavy atom. The van der Waals surface area contributed by atoms with Crippen molar-refractivity contribution in [3.05, 3.63) is 272 Å². The molecule has 0 saturated heterocycles. The lowest BCUT2D eigenvalue weighted by atomic mass is 9.95. The number of fused-ring (bicyclic) bond motifs is 3. The molecule has 0 radical (unpaired) electrons. The maximum absolute atomic E-state index is 3.76. The summed E-state index contributed by atoms with van der Waals surface area (Å²) in [5.41, 5.74) is 19.8. The number of aromatic nitrogens is 1. The molecule has 1 heteroatoms. The van der Waals surface area contributed by atoms with Crippen LogP contribution in [0, 0.1) is 20.8 Å². The molecular formula is C74H91N. The maximum Gasteiger partial charge on any atom is 0.0529 e. The van der Waals surface area contributed by atoms with Gasteiger partial charge in [-0.1, -0.05) is 287 Å². The molecule has 0 saturated carbocycles. The zero-order valence-electron chi connectivity index (χ0n) is 48.7. The summed E-state index contributed by atoms with van der Waals surface area (Å²) in [6.45, 7) is 41.5. The van der Waals surface area contributed by atoms with Crippen LogP contribution in [-0.2, 0) is 6.42 Å². The zero-order valence-corrected chi connectivity index (χ0v) is 48.7. The van der Waals surface area contributed by atoms with Crippen LogP contribution < -0.4 is 0 Å². The fourth-order valence-corrected chi connectivity index (χ4v) is 8.57. The van der Waals surface area contributed by atoms with E-state index in [0.29, 0.717) is 12.0 Å². The molecule has 1 heterocycles. The van der Waals surface area contributed by atoms with Crippen LogP contribution in [0.5, 0.6) is 0 Å². The van der Waals surface area contributed by atoms with Gasteiger partial charge in [0.1, 0.15) is 0 Å². The number of benzene rings is 8. The van der Waals surface area contributed by atoms with Crippen molar-refractivity contribution < 1.29 is 0 Å². The van der Waals surface area contributed by atoms with E-state index < -0.39 is 0 Å². The predicted octanol–water partition coefficient (Wildman–Crippen LogP) is 23.1. The van der Waals surface area contributed by atoms with Crippen molar-refractivity contribution in [2.24, 2.45) is 0 Å². The second kappa shape index (κ2) is 35.6. The van der Waals surface area contributed by atoms with E-state index >= 15 is 0 Å². The molecule has 1 aromatic heterocycles. The summed E-state index contributed by atoms with van der Waals surface area (Å²) < 4.78 is 2.49. The van der Waals surface area contributed by atoms with E-state index in [1.54, 1.807) is 0 Å². The average molecular weight is 995 g/mol. The molecule has 0 aliphatic rings. The molecule has 0 unspecified atom stereocenters. The maximum atomic E-state index is 3.76. The molecule has 0 aliphatic heterocycles. The minimum absolute atomic E-state index is 0.429. The van der Waals surface area contributed by atoms with Gasteiger partial charge >= 0.3 is 0 Å². The van der Waals surface area contributed by atoms with Gasteiger partial charge in [-0.05, 0) is 127 Å². The standard InChI is InChI=1S/C23H23N.C16H20.C14H14.C13H12.3C2H6.C2H4/c1-15(2)24-22-12-8-7-11-20(22)21-14-13-19(17(4)23(21)24)18-10-6-5-9-16(18)3;1-5-8-14(9-6-2)16-11-7-10-15(12-16)13(3)4;1-2-12-7-6-10-14(11-12)13-8-4-3-5-9-13;1-11-7-9-13(10-8-11)12-5-3-2-4-6-12;4*1-2/h5-15H,1-4H3;5-13H,1H2,2-4H3;3-11H,2H2,1H3;2-10H,1H3;3*1-2H3;1-2H2/b;9-6-,14-8+;;;;;;. The smallest absolute Gasteiger partial charge is 0.0529 e. The topological polar surface area (TPSA) is 4.93 Å². The van der Waals surface area contributed by atoms with Gasteiger partial charge in [0.2, 0.25) is 0 Å². The lowest BCUT2D eigenvalue weighted by molar-refractivity contribution is 0.641. The number of nitrogens with zero attached hydrogens (tertiary/aromatic N) is 1. The van der Waals surface area contributed by atoms with E-state index in [0.717, 1.165) is 6.42 Å². The molecule has 0 aliphatic carbocycles. The highest BCUT2D eigenvalue weighted by Crippen LogP contribution is 2.38. The highest BCUT2D eigenvalue weighted by molar-refractivity contribution is 6.10. The van der Waals surface area contributed by atoms with E-state index in [-0.39, 0.29) is 0 Å². The minimum atomic E-state index is 0.429. The van der Waals surface area contributed by atoms with Crippen LogP contribution in [0.25, 0.3) is 60.8 Å². The second-order valence-electron chi connectivity index (χ2n) is 17.7. The molecule has 392 valence electrons. The van der Waals surface area contributed by atoms with Crippen molar-refractivity contribution in [3.63, 3.8) is 0 Å². The molecule has 0 spiro atoms. The Morgan fingerprint density at radius 1 is 0.520 bits per heavy atom. The van der Waals surface area contributed by atoms with Gasteiger partial charge in [-0.2, -0.15) is 0 Å². The van der Waals surface area contributed by atoms with Crippen LogP contribution in [0.2, 0.25) is 0 Å². The zero-order chi connectivity index (χ0) is 55.7. The Hall–Kier alpha value is -7.48. The first-order valence-electron chi connectivity index (χ1n) is 27.4. The summed E-state index contributed by atoms with van der Waals surface area (Å²) in [6, 6.07) is 69.3. The highest BCUT2D eigenvalue weighted by Gasteiger charge is 2.17. The number of allylic oxidation sites excluding steroid dienone is 5. The summed E-state index contributed by atoms with van der Waals surface area (Å²) in [5.74, 6) is 0.565. The molecule has 0 N–H and O–H groups in total. The second-order valence-corrected chi connectivity index (χ2v) is 17.7. The largest absolute Gasteiger partial charge is 0.338 e. The fourth-order valence-electron chi connectivity index (χ4n) is 8.57. The molecule has 9 aromatic rings. The lowest BCUT2D eigenvalue weighted by Crippen LogP contribution is -2.01. The van der Waals surface area contributed by atoms with Crippen molar-refractivity contribution in [1.29, 1.82) is 0 Å². The molecular weight excluding hydrogens is 903 g/mol. The summed E-state index contributed by atoms with van der Waals surface area (Å²) in [7, 11) is 0. The van der Waals surface area contributed by atoms with Crippen molar-refractivity contribution in [2.45, 2.75) is 122 Å². The van der Waals surface area contributed by atoms with Gasteiger partial charge in [-0.25, -0.2) is 0 Å². The summed E-state index contributed by atoms with van der Waals surface area (Å²) in [4.78, 5) is 0. The normalized spacial score (nSPS) is 10.3. The van der Waals surface area contributed by atoms with Gasteiger partial charge in [0, 0.05) is 22.3 Å². The Bertz CT molecular complexity index is 3050. The first-order chi connectivity index (χ1) is 36.5. The Morgan fingerprint density at radius 2 is 1.05 bits per heavy atom. The van der Waals surface area contributed by atoms with Crippen molar-refractivity contribution in [2.75, 3.05) is 0 Å². The molecule has 0 fully saturated rings. The van der Waals surface area contributed by atoms with Gasteiger partial charge in [0.05, 0.1) is 5.52 Å². The molecule has 8 aromatic carbocycles. The van der Waals surface area contributed by atoms with E-state index in [9.17, 15) is 0 Å². The van der Waals surface area contributed by atoms with Crippen LogP contribution in [0.4, 0.5) is 0 Å². The van der Waals surface area contributed by atoms with Crippen LogP contribution in [0.15, 0.2) is 238 Å². The van der Waals surface area contributed by atoms with Crippen LogP contribution >= 0.6 is 0 Å². The third kappa shape index (κ3) is 18.8. The third-order valence-electron chi connectivity index (χ3n) is 12.2. The summed E-state index contributed by atoms with van der Waals surface area (Å²) in [5, 5.41) is 2.70. The molecule has 0 atom stereocenters. The van der Waals surface area contributed by atoms with E-state index in [2.05, 4.69) is 274 Å². The number of hydrogen-bond donors (Lipinski definition) is 0. The molecule has 1 nitrogen and oxygen atoms in total. The predicted molar refractivity (Wildman–Crippen MR) is 341 cm³/mol. The van der Waals surface area contributed by atoms with E-state index in [1.165, 1.54) is 94.1 Å². The quantitative estimate of drug-likeness (QED) is 0.100. The SMILES string of the molecule is C=C.C=C/C=C(\C=C/C)c1cccc(C(C)C)c1.CC.CC.CC.CCc1cccc(-c2ccccc2)c1.Cc1ccc(-c2ccccc2)cc1.Cc1ccccc1-c1ccc2c3ccccc3n(C(C)C)c2c1C. The third-order valence-corrected chi connectivity index (χ3v) is 12.2. The van der Waals surface area contributed by atoms with Crippen molar-refractivity contribution in [1.82, 2.24) is 4.57 Å². The highest BCUT2D eigenvalue weighted by atomic mass is 15.0. The first-order valence-corrected chi connectivity index (χ1v) is 27.4. The van der Waals surface area contributed by atoms with Crippen LogP contribution in [-0.4, -0.2) is 4.57 Å². The van der Waals surface area contributed by atoms with E-state index in [1.807, 2.05) is 72.8 Å². The van der Waals surface area contributed by atoms with Crippen molar-refractivity contribution in [3.8, 4) is 33.4 Å². The minimum Gasteiger partial charge on any atom is -0.338 e. The van der Waals surface area contributed by atoms with Gasteiger partial charge in [0.15, 0.2) is 0 Å². The molecule has 0 bridgehead atoms. The first kappa shape index (κ1) is 63.6. The van der Waals surface area contributed by atoms with Crippen LogP contribution in [0.3, 0.4) is 0 Å². The van der Waals surface area contributed by atoms with Gasteiger partial charge in [-0.3, -0.25) is 0 Å². The summed E-state index contributed by atoms with van der Waals surface area (Å²) in [6.07, 6.45) is 9.13. The van der Waals surface area contributed by atoms with Crippen molar-refractivity contribution >= 4 is 27.4 Å². The monoisotopic (exact) mass is 994 g/mol. The van der Waals surface area contributed by atoms with Gasteiger partial charge in [-0.15, -0.1) is 13.2 Å².